The smallest absolute Gasteiger partial charge is 0.321 e. The molecule has 0 fully saturated rings. The molecule has 0 aromatic heterocycles. The van der Waals surface area contributed by atoms with Gasteiger partial charge in [-0.2, -0.15) is 4.72 Å². The van der Waals surface area contributed by atoms with E-state index in [4.69, 9.17) is 16.7 Å². The van der Waals surface area contributed by atoms with Crippen LogP contribution in [0.5, 0.6) is 0 Å². The molecule has 1 aromatic rings. The van der Waals surface area contributed by atoms with Crippen molar-refractivity contribution in [3.05, 3.63) is 29.3 Å². The van der Waals surface area contributed by atoms with Gasteiger partial charge in [-0.3, -0.25) is 4.79 Å². The second kappa shape index (κ2) is 4.82. The van der Waals surface area contributed by atoms with Gasteiger partial charge < -0.3 is 5.11 Å². The van der Waals surface area contributed by atoms with E-state index in [2.05, 4.69) is 0 Å². The first-order chi connectivity index (χ1) is 7.33. The normalized spacial score (nSPS) is 13.4. The predicted molar refractivity (Wildman–Crippen MR) is 58.9 cm³/mol. The number of hydrogen-bond donors (Lipinski definition) is 2. The summed E-state index contributed by atoms with van der Waals surface area (Å²) in [6.45, 7) is 1.24. The highest BCUT2D eigenvalue weighted by atomic mass is 35.5. The number of sulfonamides is 1. The molecule has 2 N–H and O–H groups in total. The number of carbonyl (C=O) groups is 1. The maximum absolute atomic E-state index is 11.7. The van der Waals surface area contributed by atoms with Crippen LogP contribution in [-0.4, -0.2) is 25.5 Å². The second-order valence-corrected chi connectivity index (χ2v) is 5.29. The van der Waals surface area contributed by atoms with Crippen molar-refractivity contribution in [2.45, 2.75) is 17.9 Å². The van der Waals surface area contributed by atoms with E-state index in [1.165, 1.54) is 31.2 Å². The zero-order chi connectivity index (χ0) is 12.3. The molecule has 0 saturated heterocycles. The Morgan fingerprint density at radius 3 is 2.62 bits per heavy atom. The van der Waals surface area contributed by atoms with E-state index in [0.29, 0.717) is 0 Å². The third kappa shape index (κ3) is 3.19. The highest BCUT2D eigenvalue weighted by molar-refractivity contribution is 7.89. The Hall–Kier alpha value is -1.11. The molecule has 0 saturated carbocycles. The zero-order valence-corrected chi connectivity index (χ0v) is 9.92. The van der Waals surface area contributed by atoms with Crippen molar-refractivity contribution in [3.8, 4) is 0 Å². The van der Waals surface area contributed by atoms with E-state index < -0.39 is 22.0 Å². The maximum atomic E-state index is 11.7. The Kier molecular flexibility index (Phi) is 3.90. The quantitative estimate of drug-likeness (QED) is 0.852. The number of carboxylic acid groups (broad SMARTS) is 1. The van der Waals surface area contributed by atoms with Crippen LogP contribution in [-0.2, 0) is 14.8 Å². The van der Waals surface area contributed by atoms with E-state index in [-0.39, 0.29) is 9.92 Å². The summed E-state index contributed by atoms with van der Waals surface area (Å²) < 4.78 is 25.3. The minimum absolute atomic E-state index is 0.0619. The highest BCUT2D eigenvalue weighted by Crippen LogP contribution is 2.15. The SMILES string of the molecule is C[C@H](NS(=O)(=O)c1cccc(Cl)c1)C(=O)O. The monoisotopic (exact) mass is 263 g/mol. The van der Waals surface area contributed by atoms with Crippen LogP contribution in [0, 0.1) is 0 Å². The fourth-order valence-electron chi connectivity index (χ4n) is 0.985. The van der Waals surface area contributed by atoms with Gasteiger partial charge in [0.15, 0.2) is 0 Å². The van der Waals surface area contributed by atoms with E-state index >= 15 is 0 Å². The molecule has 0 amide bonds. The topological polar surface area (TPSA) is 83.5 Å². The Morgan fingerprint density at radius 1 is 1.50 bits per heavy atom. The van der Waals surface area contributed by atoms with Gasteiger partial charge in [-0.1, -0.05) is 17.7 Å². The Labute approximate surface area is 98.1 Å². The Balaban J connectivity index is 2.99. The second-order valence-electron chi connectivity index (χ2n) is 3.14. The number of carboxylic acids is 1. The number of halogens is 1. The molecule has 0 aliphatic rings. The van der Waals surface area contributed by atoms with Crippen molar-refractivity contribution in [2.75, 3.05) is 0 Å². The first-order valence-electron chi connectivity index (χ1n) is 4.33. The molecule has 88 valence electrons. The lowest BCUT2D eigenvalue weighted by molar-refractivity contribution is -0.138. The van der Waals surface area contributed by atoms with Gasteiger partial charge in [0.25, 0.3) is 0 Å². The van der Waals surface area contributed by atoms with Crippen LogP contribution in [0.3, 0.4) is 0 Å². The summed E-state index contributed by atoms with van der Waals surface area (Å²) in [5, 5.41) is 8.86. The van der Waals surface area contributed by atoms with Gasteiger partial charge in [-0.25, -0.2) is 8.42 Å². The van der Waals surface area contributed by atoms with Crippen molar-refractivity contribution in [3.63, 3.8) is 0 Å². The summed E-state index contributed by atoms with van der Waals surface area (Å²) in [7, 11) is -3.84. The fraction of sp³-hybridized carbons (Fsp3) is 0.222. The van der Waals surface area contributed by atoms with Crippen LogP contribution in [0.1, 0.15) is 6.92 Å². The summed E-state index contributed by atoms with van der Waals surface area (Å²) in [6, 6.07) is 4.40. The first-order valence-corrected chi connectivity index (χ1v) is 6.20. The zero-order valence-electron chi connectivity index (χ0n) is 8.34. The molecule has 0 bridgehead atoms. The molecule has 0 aliphatic heterocycles. The van der Waals surface area contributed by atoms with Gasteiger partial charge in [0.05, 0.1) is 4.90 Å². The average Bonchev–Trinajstić information content (AvgIpc) is 2.17. The number of aliphatic carboxylic acids is 1. The maximum Gasteiger partial charge on any atom is 0.321 e. The van der Waals surface area contributed by atoms with Gasteiger partial charge in [0.1, 0.15) is 6.04 Å². The Bertz CT molecular complexity index is 500. The van der Waals surface area contributed by atoms with E-state index in [9.17, 15) is 13.2 Å². The van der Waals surface area contributed by atoms with E-state index in [1.807, 2.05) is 4.72 Å². The van der Waals surface area contributed by atoms with E-state index in [0.717, 1.165) is 0 Å². The molecule has 5 nitrogen and oxygen atoms in total. The van der Waals surface area contributed by atoms with Gasteiger partial charge in [-0.05, 0) is 25.1 Å². The van der Waals surface area contributed by atoms with Crippen LogP contribution in [0.25, 0.3) is 0 Å². The lowest BCUT2D eigenvalue weighted by Crippen LogP contribution is -2.38. The molecule has 1 aromatic carbocycles. The number of benzene rings is 1. The molecule has 0 aliphatic carbocycles. The predicted octanol–water partition coefficient (Wildman–Crippen LogP) is 1.09. The van der Waals surface area contributed by atoms with Crippen LogP contribution in [0.2, 0.25) is 5.02 Å². The molecular weight excluding hydrogens is 254 g/mol. The highest BCUT2D eigenvalue weighted by Gasteiger charge is 2.21. The summed E-state index contributed by atoms with van der Waals surface area (Å²) in [6.07, 6.45) is 0. The molecular formula is C9H10ClNO4S. The molecule has 1 atom stereocenters. The van der Waals surface area contributed by atoms with Crippen molar-refractivity contribution < 1.29 is 18.3 Å². The minimum atomic E-state index is -3.84. The number of hydrogen-bond acceptors (Lipinski definition) is 3. The van der Waals surface area contributed by atoms with Crippen LogP contribution in [0.15, 0.2) is 29.2 Å². The van der Waals surface area contributed by atoms with Crippen LogP contribution < -0.4 is 4.72 Å². The van der Waals surface area contributed by atoms with Crippen molar-refractivity contribution in [1.82, 2.24) is 4.72 Å². The molecule has 0 heterocycles. The number of rotatable bonds is 4. The standard InChI is InChI=1S/C9H10ClNO4S/c1-6(9(12)13)11-16(14,15)8-4-2-3-7(10)5-8/h2-6,11H,1H3,(H,12,13)/t6-/m0/s1. The molecule has 0 spiro atoms. The van der Waals surface area contributed by atoms with Gasteiger partial charge in [0.2, 0.25) is 10.0 Å². The fourth-order valence-corrected chi connectivity index (χ4v) is 2.48. The molecule has 1 rings (SSSR count). The van der Waals surface area contributed by atoms with Gasteiger partial charge in [-0.15, -0.1) is 0 Å². The summed E-state index contributed by atoms with van der Waals surface area (Å²) in [4.78, 5) is 10.5. The molecule has 16 heavy (non-hydrogen) atoms. The summed E-state index contributed by atoms with van der Waals surface area (Å²) in [5.74, 6) is -1.24. The van der Waals surface area contributed by atoms with Crippen molar-refractivity contribution in [1.29, 1.82) is 0 Å². The Morgan fingerprint density at radius 2 is 2.12 bits per heavy atom. The third-order valence-electron chi connectivity index (χ3n) is 1.81. The largest absolute Gasteiger partial charge is 0.480 e. The lowest BCUT2D eigenvalue weighted by atomic mass is 10.4. The molecule has 0 unspecified atom stereocenters. The van der Waals surface area contributed by atoms with Crippen molar-refractivity contribution >= 4 is 27.6 Å². The van der Waals surface area contributed by atoms with Gasteiger partial charge in [0, 0.05) is 5.02 Å². The van der Waals surface area contributed by atoms with E-state index in [1.54, 1.807) is 0 Å². The number of nitrogens with one attached hydrogen (secondary N) is 1. The van der Waals surface area contributed by atoms with Crippen molar-refractivity contribution in [2.24, 2.45) is 0 Å². The van der Waals surface area contributed by atoms with Gasteiger partial charge >= 0.3 is 5.97 Å². The third-order valence-corrected chi connectivity index (χ3v) is 3.58. The minimum Gasteiger partial charge on any atom is -0.480 e. The van der Waals surface area contributed by atoms with Crippen LogP contribution >= 0.6 is 11.6 Å². The first kappa shape index (κ1) is 13.0. The van der Waals surface area contributed by atoms with Crippen LogP contribution in [0.4, 0.5) is 0 Å². The average molecular weight is 264 g/mol. The summed E-state index contributed by atoms with van der Waals surface area (Å²) >= 11 is 5.64. The molecule has 0 radical (unpaired) electrons. The summed E-state index contributed by atoms with van der Waals surface area (Å²) in [5.41, 5.74) is 0. The molecule has 7 heteroatoms. The lowest BCUT2D eigenvalue weighted by Gasteiger charge is -2.10.